The van der Waals surface area contributed by atoms with Crippen LogP contribution in [0, 0.1) is 17.7 Å². The SMILES string of the molecule is O=C(NCc1cc(C#CCCO)ccc1F)c1cccs1. The zero-order valence-electron chi connectivity index (χ0n) is 11.2. The molecular formula is C16H14FNO2S. The lowest BCUT2D eigenvalue weighted by atomic mass is 10.1. The lowest BCUT2D eigenvalue weighted by molar-refractivity contribution is 0.0954. The number of rotatable bonds is 4. The molecule has 2 aromatic rings. The van der Waals surface area contributed by atoms with Crippen LogP contribution in [0.5, 0.6) is 0 Å². The molecule has 2 N–H and O–H groups in total. The van der Waals surface area contributed by atoms with Gasteiger partial charge in [-0.3, -0.25) is 4.79 Å². The Bertz CT molecular complexity index is 671. The summed E-state index contributed by atoms with van der Waals surface area (Å²) in [5, 5.41) is 13.2. The molecule has 3 nitrogen and oxygen atoms in total. The summed E-state index contributed by atoms with van der Waals surface area (Å²) in [6, 6.07) is 8.01. The average Bonchev–Trinajstić information content (AvgIpc) is 3.02. The molecule has 21 heavy (non-hydrogen) atoms. The van der Waals surface area contributed by atoms with E-state index in [-0.39, 0.29) is 24.9 Å². The highest BCUT2D eigenvalue weighted by Crippen LogP contribution is 2.12. The molecule has 0 unspecified atom stereocenters. The Kier molecular flexibility index (Phi) is 5.50. The van der Waals surface area contributed by atoms with Crippen LogP contribution >= 0.6 is 11.3 Å². The standard InChI is InChI=1S/C16H14FNO2S/c17-14-7-6-12(4-1-2-8-19)10-13(14)11-18-16(20)15-5-3-9-21-15/h3,5-7,9-10,19H,2,8,11H2,(H,18,20). The molecule has 0 aliphatic heterocycles. The number of aliphatic hydroxyl groups excluding tert-OH is 1. The van der Waals surface area contributed by atoms with Gasteiger partial charge in [-0.25, -0.2) is 4.39 Å². The van der Waals surface area contributed by atoms with Crippen LogP contribution in [0.2, 0.25) is 0 Å². The van der Waals surface area contributed by atoms with E-state index in [1.807, 2.05) is 5.38 Å². The number of aliphatic hydroxyl groups is 1. The molecule has 0 saturated heterocycles. The van der Waals surface area contributed by atoms with E-state index in [1.54, 1.807) is 24.3 Å². The molecular weight excluding hydrogens is 289 g/mol. The molecule has 0 fully saturated rings. The van der Waals surface area contributed by atoms with Crippen LogP contribution in [0.25, 0.3) is 0 Å². The number of carbonyl (C=O) groups excluding carboxylic acids is 1. The van der Waals surface area contributed by atoms with Crippen molar-refractivity contribution in [1.82, 2.24) is 5.32 Å². The molecule has 0 atom stereocenters. The van der Waals surface area contributed by atoms with Crippen LogP contribution in [-0.2, 0) is 6.54 Å². The van der Waals surface area contributed by atoms with E-state index in [4.69, 9.17) is 5.11 Å². The van der Waals surface area contributed by atoms with Crippen molar-refractivity contribution in [3.05, 3.63) is 57.5 Å². The third-order valence-corrected chi connectivity index (χ3v) is 3.57. The van der Waals surface area contributed by atoms with Crippen LogP contribution in [0.1, 0.15) is 27.2 Å². The second-order valence-electron chi connectivity index (χ2n) is 4.24. The van der Waals surface area contributed by atoms with Gasteiger partial charge in [-0.15, -0.1) is 11.3 Å². The summed E-state index contributed by atoms with van der Waals surface area (Å²) < 4.78 is 13.7. The van der Waals surface area contributed by atoms with E-state index in [2.05, 4.69) is 17.2 Å². The van der Waals surface area contributed by atoms with Gasteiger partial charge in [0.1, 0.15) is 5.82 Å². The second kappa shape index (κ2) is 7.58. The second-order valence-corrected chi connectivity index (χ2v) is 5.19. The molecule has 0 saturated carbocycles. The van der Waals surface area contributed by atoms with Gasteiger partial charge in [0.25, 0.3) is 5.91 Å². The van der Waals surface area contributed by atoms with Gasteiger partial charge in [0.15, 0.2) is 0 Å². The number of nitrogens with one attached hydrogen (secondary N) is 1. The first kappa shape index (κ1) is 15.2. The molecule has 0 spiro atoms. The van der Waals surface area contributed by atoms with E-state index < -0.39 is 0 Å². The van der Waals surface area contributed by atoms with E-state index >= 15 is 0 Å². The fraction of sp³-hybridized carbons (Fsp3) is 0.188. The van der Waals surface area contributed by atoms with Crippen molar-refractivity contribution in [3.8, 4) is 11.8 Å². The smallest absolute Gasteiger partial charge is 0.261 e. The Morgan fingerprint density at radius 3 is 2.95 bits per heavy atom. The van der Waals surface area contributed by atoms with Crippen LogP contribution in [0.15, 0.2) is 35.7 Å². The van der Waals surface area contributed by atoms with Crippen LogP contribution < -0.4 is 5.32 Å². The topological polar surface area (TPSA) is 49.3 Å². The van der Waals surface area contributed by atoms with E-state index in [9.17, 15) is 9.18 Å². The predicted octanol–water partition coefficient (Wildman–Crippen LogP) is 2.55. The molecule has 108 valence electrons. The summed E-state index contributed by atoms with van der Waals surface area (Å²) >= 11 is 1.34. The highest BCUT2D eigenvalue weighted by atomic mass is 32.1. The first-order valence-electron chi connectivity index (χ1n) is 6.40. The van der Waals surface area contributed by atoms with Gasteiger partial charge in [-0.2, -0.15) is 0 Å². The van der Waals surface area contributed by atoms with Crippen molar-refractivity contribution < 1.29 is 14.3 Å². The number of amides is 1. The van der Waals surface area contributed by atoms with Crippen molar-refractivity contribution in [2.75, 3.05) is 6.61 Å². The highest BCUT2D eigenvalue weighted by Gasteiger charge is 2.08. The van der Waals surface area contributed by atoms with E-state index in [1.165, 1.54) is 17.4 Å². The minimum absolute atomic E-state index is 0.00206. The van der Waals surface area contributed by atoms with Crippen molar-refractivity contribution in [1.29, 1.82) is 0 Å². The maximum Gasteiger partial charge on any atom is 0.261 e. The quantitative estimate of drug-likeness (QED) is 0.853. The van der Waals surface area contributed by atoms with Gasteiger partial charge in [0, 0.05) is 24.1 Å². The molecule has 1 aromatic carbocycles. The monoisotopic (exact) mass is 303 g/mol. The predicted molar refractivity (Wildman–Crippen MR) is 80.5 cm³/mol. The number of carbonyl (C=O) groups is 1. The van der Waals surface area contributed by atoms with Gasteiger partial charge in [-0.05, 0) is 29.6 Å². The van der Waals surface area contributed by atoms with Gasteiger partial charge in [0.2, 0.25) is 0 Å². The molecule has 0 radical (unpaired) electrons. The number of thiophene rings is 1. The molecule has 1 heterocycles. The summed E-state index contributed by atoms with van der Waals surface area (Å²) in [5.74, 6) is 5.02. The van der Waals surface area contributed by atoms with E-state index in [0.717, 1.165) is 0 Å². The third-order valence-electron chi connectivity index (χ3n) is 2.70. The zero-order chi connectivity index (χ0) is 15.1. The summed E-state index contributed by atoms with van der Waals surface area (Å²) in [6.07, 6.45) is 0.377. The minimum Gasteiger partial charge on any atom is -0.395 e. The number of hydrogen-bond acceptors (Lipinski definition) is 3. The first-order valence-corrected chi connectivity index (χ1v) is 7.28. The van der Waals surface area contributed by atoms with Crippen molar-refractivity contribution in [2.24, 2.45) is 0 Å². The molecule has 0 aliphatic carbocycles. The van der Waals surface area contributed by atoms with Crippen molar-refractivity contribution in [2.45, 2.75) is 13.0 Å². The normalized spacial score (nSPS) is 9.81. The Balaban J connectivity index is 2.04. The Morgan fingerprint density at radius 1 is 1.38 bits per heavy atom. The number of benzene rings is 1. The summed E-state index contributed by atoms with van der Waals surface area (Å²) in [5.41, 5.74) is 1.04. The number of halogens is 1. The van der Waals surface area contributed by atoms with Gasteiger partial charge < -0.3 is 10.4 Å². The third kappa shape index (κ3) is 4.42. The molecule has 2 rings (SSSR count). The van der Waals surface area contributed by atoms with Crippen molar-refractivity contribution >= 4 is 17.2 Å². The minimum atomic E-state index is -0.380. The van der Waals surface area contributed by atoms with Crippen molar-refractivity contribution in [3.63, 3.8) is 0 Å². The highest BCUT2D eigenvalue weighted by molar-refractivity contribution is 7.12. The fourth-order valence-corrected chi connectivity index (χ4v) is 2.32. The fourth-order valence-electron chi connectivity index (χ4n) is 1.68. The van der Waals surface area contributed by atoms with Crippen LogP contribution in [-0.4, -0.2) is 17.6 Å². The lowest BCUT2D eigenvalue weighted by Gasteiger charge is -2.06. The molecule has 5 heteroatoms. The average molecular weight is 303 g/mol. The molecule has 1 amide bonds. The van der Waals surface area contributed by atoms with Crippen LogP contribution in [0.4, 0.5) is 4.39 Å². The maximum atomic E-state index is 13.7. The van der Waals surface area contributed by atoms with Gasteiger partial charge >= 0.3 is 0 Å². The van der Waals surface area contributed by atoms with Gasteiger partial charge in [-0.1, -0.05) is 17.9 Å². The molecule has 0 bridgehead atoms. The maximum absolute atomic E-state index is 13.7. The lowest BCUT2D eigenvalue weighted by Crippen LogP contribution is -2.22. The van der Waals surface area contributed by atoms with Gasteiger partial charge in [0.05, 0.1) is 11.5 Å². The largest absolute Gasteiger partial charge is 0.395 e. The summed E-state index contributed by atoms with van der Waals surface area (Å²) in [4.78, 5) is 12.4. The molecule has 1 aromatic heterocycles. The Labute approximate surface area is 126 Å². The number of hydrogen-bond donors (Lipinski definition) is 2. The first-order chi connectivity index (χ1) is 10.2. The molecule has 0 aliphatic rings. The summed E-state index contributed by atoms with van der Waals surface area (Å²) in [7, 11) is 0. The summed E-state index contributed by atoms with van der Waals surface area (Å²) in [6.45, 7) is 0.107. The Morgan fingerprint density at radius 2 is 2.24 bits per heavy atom. The van der Waals surface area contributed by atoms with Crippen LogP contribution in [0.3, 0.4) is 0 Å². The Hall–Kier alpha value is -2.16. The zero-order valence-corrected chi connectivity index (χ0v) is 12.0. The van der Waals surface area contributed by atoms with E-state index in [0.29, 0.717) is 22.4 Å².